The van der Waals surface area contributed by atoms with Crippen LogP contribution in [-0.4, -0.2) is 60.6 Å². The lowest BCUT2D eigenvalue weighted by molar-refractivity contribution is 0.0455. The number of rotatable bonds is 7. The molecule has 1 heterocycles. The van der Waals surface area contributed by atoms with Crippen LogP contribution < -0.4 is 0 Å². The van der Waals surface area contributed by atoms with Crippen molar-refractivity contribution in [3.8, 4) is 0 Å². The summed E-state index contributed by atoms with van der Waals surface area (Å²) in [6.45, 7) is 9.11. The van der Waals surface area contributed by atoms with E-state index >= 15 is 0 Å². The Morgan fingerprint density at radius 3 is 2.21 bits per heavy atom. The van der Waals surface area contributed by atoms with Crippen LogP contribution in [0.3, 0.4) is 0 Å². The number of aryl methyl sites for hydroxylation is 1. The maximum Gasteiger partial charge on any atom is 0.246 e. The van der Waals surface area contributed by atoms with Crippen molar-refractivity contribution in [1.82, 2.24) is 19.0 Å². The van der Waals surface area contributed by atoms with E-state index in [0.717, 1.165) is 31.5 Å². The van der Waals surface area contributed by atoms with E-state index in [9.17, 15) is 8.42 Å². The molecule has 1 aliphatic carbocycles. The van der Waals surface area contributed by atoms with Gasteiger partial charge in [0.2, 0.25) is 10.0 Å². The summed E-state index contributed by atoms with van der Waals surface area (Å²) < 4.78 is 29.7. The maximum atomic E-state index is 13.2. The monoisotopic (exact) mass is 356 g/mol. The highest BCUT2D eigenvalue weighted by Crippen LogP contribution is 2.38. The van der Waals surface area contributed by atoms with Gasteiger partial charge in [0.25, 0.3) is 0 Å². The van der Waals surface area contributed by atoms with Gasteiger partial charge in [-0.2, -0.15) is 9.40 Å². The van der Waals surface area contributed by atoms with Crippen molar-refractivity contribution < 1.29 is 8.42 Å². The molecule has 1 fully saturated rings. The molecule has 0 saturated heterocycles. The van der Waals surface area contributed by atoms with E-state index in [0.29, 0.717) is 23.1 Å². The van der Waals surface area contributed by atoms with Crippen LogP contribution in [0.5, 0.6) is 0 Å². The normalized spacial score (nSPS) is 17.8. The average molecular weight is 357 g/mol. The van der Waals surface area contributed by atoms with Crippen LogP contribution in [0.2, 0.25) is 0 Å². The van der Waals surface area contributed by atoms with Crippen molar-refractivity contribution in [1.29, 1.82) is 0 Å². The summed E-state index contributed by atoms with van der Waals surface area (Å²) >= 11 is 0. The molecule has 0 N–H and O–H groups in total. The zero-order valence-corrected chi connectivity index (χ0v) is 16.9. The van der Waals surface area contributed by atoms with Gasteiger partial charge in [0, 0.05) is 25.7 Å². The Morgan fingerprint density at radius 2 is 1.79 bits per heavy atom. The second-order valence-corrected chi connectivity index (χ2v) is 9.79. The number of sulfonamides is 1. The van der Waals surface area contributed by atoms with Gasteiger partial charge < -0.3 is 4.90 Å². The SMILES string of the molecule is Cc1nn(CC(C)C)c(C)c1S(=O)(=O)N(C)CC1(N(C)C)CCC1. The van der Waals surface area contributed by atoms with Gasteiger partial charge in [0.15, 0.2) is 0 Å². The molecule has 0 radical (unpaired) electrons. The third kappa shape index (κ3) is 3.39. The molecular formula is C17H32N4O2S. The maximum absolute atomic E-state index is 13.2. The fourth-order valence-electron chi connectivity index (χ4n) is 3.56. The minimum Gasteiger partial charge on any atom is -0.302 e. The van der Waals surface area contributed by atoms with Crippen molar-refractivity contribution in [2.24, 2.45) is 5.92 Å². The number of likely N-dealkylation sites (N-methyl/N-ethyl adjacent to an activating group) is 2. The van der Waals surface area contributed by atoms with E-state index in [2.05, 4.69) is 23.8 Å². The van der Waals surface area contributed by atoms with E-state index < -0.39 is 10.0 Å². The van der Waals surface area contributed by atoms with Gasteiger partial charge in [-0.25, -0.2) is 8.42 Å². The molecule has 1 aromatic rings. The van der Waals surface area contributed by atoms with Crippen LogP contribution in [0.25, 0.3) is 0 Å². The average Bonchev–Trinajstić information content (AvgIpc) is 2.67. The first-order valence-electron chi connectivity index (χ1n) is 8.69. The Bertz CT molecular complexity index is 688. The Balaban J connectivity index is 2.31. The molecule has 24 heavy (non-hydrogen) atoms. The predicted octanol–water partition coefficient (Wildman–Crippen LogP) is 2.26. The van der Waals surface area contributed by atoms with Gasteiger partial charge in [-0.15, -0.1) is 0 Å². The second kappa shape index (κ2) is 6.77. The minimum atomic E-state index is -3.53. The second-order valence-electron chi connectivity index (χ2n) is 7.81. The molecule has 1 aromatic heterocycles. The van der Waals surface area contributed by atoms with Crippen molar-refractivity contribution in [3.05, 3.63) is 11.4 Å². The molecule has 0 aromatic carbocycles. The predicted molar refractivity (Wildman–Crippen MR) is 96.6 cm³/mol. The summed E-state index contributed by atoms with van der Waals surface area (Å²) in [6.07, 6.45) is 3.26. The lowest BCUT2D eigenvalue weighted by Gasteiger charge is -2.48. The molecule has 7 heteroatoms. The van der Waals surface area contributed by atoms with Crippen LogP contribution in [0.15, 0.2) is 4.90 Å². The van der Waals surface area contributed by atoms with Gasteiger partial charge in [-0.3, -0.25) is 4.68 Å². The summed E-state index contributed by atoms with van der Waals surface area (Å²) in [6, 6.07) is 0. The third-order valence-electron chi connectivity index (χ3n) is 5.27. The van der Waals surface area contributed by atoms with Crippen LogP contribution in [0.4, 0.5) is 0 Å². The molecule has 0 bridgehead atoms. The molecule has 0 unspecified atom stereocenters. The third-order valence-corrected chi connectivity index (χ3v) is 7.33. The van der Waals surface area contributed by atoms with E-state index in [1.807, 2.05) is 25.7 Å². The van der Waals surface area contributed by atoms with Gasteiger partial charge in [0.1, 0.15) is 4.90 Å². The van der Waals surface area contributed by atoms with E-state index in [1.54, 1.807) is 14.0 Å². The Labute approximate surface area is 146 Å². The summed E-state index contributed by atoms with van der Waals surface area (Å²) in [7, 11) is 2.23. The standard InChI is InChI=1S/C17H32N4O2S/c1-13(2)11-21-15(4)16(14(3)18-21)24(22,23)20(7)12-17(19(5)6)9-8-10-17/h13H,8-12H2,1-7H3. The summed E-state index contributed by atoms with van der Waals surface area (Å²) in [5, 5.41) is 4.47. The molecule has 6 nitrogen and oxygen atoms in total. The topological polar surface area (TPSA) is 58.4 Å². The summed E-state index contributed by atoms with van der Waals surface area (Å²) in [5.41, 5.74) is 1.30. The van der Waals surface area contributed by atoms with E-state index in [1.165, 1.54) is 4.31 Å². The number of hydrogen-bond acceptors (Lipinski definition) is 4. The fraction of sp³-hybridized carbons (Fsp3) is 0.824. The number of aromatic nitrogens is 2. The molecule has 0 aliphatic heterocycles. The summed E-state index contributed by atoms with van der Waals surface area (Å²) in [5.74, 6) is 0.420. The van der Waals surface area contributed by atoms with Crippen molar-refractivity contribution in [2.45, 2.75) is 63.9 Å². The number of hydrogen-bond donors (Lipinski definition) is 0. The highest BCUT2D eigenvalue weighted by Gasteiger charge is 2.42. The lowest BCUT2D eigenvalue weighted by Crippen LogP contribution is -2.57. The molecule has 138 valence electrons. The first kappa shape index (κ1) is 19.4. The van der Waals surface area contributed by atoms with Gasteiger partial charge in [-0.1, -0.05) is 13.8 Å². The molecular weight excluding hydrogens is 324 g/mol. The zero-order valence-electron chi connectivity index (χ0n) is 16.1. The molecule has 0 spiro atoms. The molecule has 1 aliphatic rings. The summed E-state index contributed by atoms with van der Waals surface area (Å²) in [4.78, 5) is 2.55. The van der Waals surface area contributed by atoms with Crippen LogP contribution in [0.1, 0.15) is 44.5 Å². The fourth-order valence-corrected chi connectivity index (χ4v) is 5.18. The number of nitrogens with zero attached hydrogens (tertiary/aromatic N) is 4. The minimum absolute atomic E-state index is 0.0302. The van der Waals surface area contributed by atoms with E-state index in [4.69, 9.17) is 0 Å². The van der Waals surface area contributed by atoms with Crippen LogP contribution in [0, 0.1) is 19.8 Å². The Kier molecular flexibility index (Phi) is 5.47. The largest absolute Gasteiger partial charge is 0.302 e. The lowest BCUT2D eigenvalue weighted by atomic mass is 9.75. The van der Waals surface area contributed by atoms with E-state index in [-0.39, 0.29) is 5.54 Å². The smallest absolute Gasteiger partial charge is 0.246 e. The highest BCUT2D eigenvalue weighted by atomic mass is 32.2. The van der Waals surface area contributed by atoms with Crippen LogP contribution in [-0.2, 0) is 16.6 Å². The first-order chi connectivity index (χ1) is 11.0. The Hall–Kier alpha value is -0.920. The van der Waals surface area contributed by atoms with Gasteiger partial charge >= 0.3 is 0 Å². The molecule has 2 rings (SSSR count). The Morgan fingerprint density at radius 1 is 1.21 bits per heavy atom. The van der Waals surface area contributed by atoms with Gasteiger partial charge in [0.05, 0.1) is 11.4 Å². The van der Waals surface area contributed by atoms with Crippen molar-refractivity contribution in [2.75, 3.05) is 27.7 Å². The first-order valence-corrected chi connectivity index (χ1v) is 10.1. The highest BCUT2D eigenvalue weighted by molar-refractivity contribution is 7.89. The van der Waals surface area contributed by atoms with Crippen LogP contribution >= 0.6 is 0 Å². The zero-order chi connectivity index (χ0) is 18.3. The molecule has 1 saturated carbocycles. The van der Waals surface area contributed by atoms with Crippen molar-refractivity contribution in [3.63, 3.8) is 0 Å². The quantitative estimate of drug-likeness (QED) is 0.752. The molecule has 0 atom stereocenters. The van der Waals surface area contributed by atoms with Crippen molar-refractivity contribution >= 4 is 10.0 Å². The van der Waals surface area contributed by atoms with Gasteiger partial charge in [-0.05, 0) is 53.1 Å². The molecule has 0 amide bonds.